The molecular weight excluding hydrogens is 342 g/mol. The maximum Gasteiger partial charge on any atom is 0.166 e. The molecule has 0 aromatic heterocycles. The third kappa shape index (κ3) is 5.29. The molecule has 3 aromatic carbocycles. The second kappa shape index (κ2) is 9.50. The van der Waals surface area contributed by atoms with Gasteiger partial charge in [-0.25, -0.2) is 8.78 Å². The Morgan fingerprint density at radius 3 is 2.30 bits per heavy atom. The molecule has 0 fully saturated rings. The van der Waals surface area contributed by atoms with E-state index in [-0.39, 0.29) is 5.39 Å². The summed E-state index contributed by atoms with van der Waals surface area (Å²) < 4.78 is 32.8. The number of benzene rings is 3. The SMILES string of the molecule is CCCCCCCc1ccc(COc2ccc3c(F)c(F)ccc3c2)cc1. The summed E-state index contributed by atoms with van der Waals surface area (Å²) in [6, 6.07) is 16.2. The van der Waals surface area contributed by atoms with Crippen LogP contribution < -0.4 is 4.74 Å². The molecule has 0 heterocycles. The van der Waals surface area contributed by atoms with E-state index >= 15 is 0 Å². The Balaban J connectivity index is 1.54. The molecule has 0 radical (unpaired) electrons. The molecule has 0 saturated carbocycles. The van der Waals surface area contributed by atoms with Gasteiger partial charge in [-0.3, -0.25) is 0 Å². The standard InChI is InChI=1S/C24H26F2O/c1-2-3-4-5-6-7-18-8-10-19(11-9-18)17-27-21-13-14-22-20(16-21)12-15-23(25)24(22)26/h8-16H,2-7,17H2,1H3. The number of unbranched alkanes of at least 4 members (excludes halogenated alkanes) is 4. The Kier molecular flexibility index (Phi) is 6.80. The minimum atomic E-state index is -0.832. The van der Waals surface area contributed by atoms with Gasteiger partial charge >= 0.3 is 0 Å². The minimum absolute atomic E-state index is 0.269. The maximum absolute atomic E-state index is 13.8. The van der Waals surface area contributed by atoms with E-state index in [1.807, 2.05) is 0 Å². The van der Waals surface area contributed by atoms with Gasteiger partial charge in [-0.15, -0.1) is 0 Å². The number of ether oxygens (including phenoxy) is 1. The van der Waals surface area contributed by atoms with Crippen LogP contribution in [0.5, 0.6) is 5.75 Å². The van der Waals surface area contributed by atoms with E-state index in [4.69, 9.17) is 4.74 Å². The van der Waals surface area contributed by atoms with Crippen LogP contribution in [0.4, 0.5) is 8.78 Å². The molecule has 0 bridgehead atoms. The molecule has 0 atom stereocenters. The molecule has 0 aliphatic rings. The molecule has 142 valence electrons. The minimum Gasteiger partial charge on any atom is -0.489 e. The Hall–Kier alpha value is -2.42. The van der Waals surface area contributed by atoms with E-state index in [9.17, 15) is 8.78 Å². The topological polar surface area (TPSA) is 9.23 Å². The summed E-state index contributed by atoms with van der Waals surface area (Å²) in [5, 5.41) is 0.899. The summed E-state index contributed by atoms with van der Waals surface area (Å²) in [6.07, 6.45) is 7.59. The van der Waals surface area contributed by atoms with Gasteiger partial charge < -0.3 is 4.74 Å². The molecule has 1 nitrogen and oxygen atoms in total. The zero-order valence-corrected chi connectivity index (χ0v) is 15.8. The fourth-order valence-corrected chi connectivity index (χ4v) is 3.23. The van der Waals surface area contributed by atoms with Crippen molar-refractivity contribution in [3.63, 3.8) is 0 Å². The number of aryl methyl sites for hydroxylation is 1. The molecule has 0 unspecified atom stereocenters. The highest BCUT2D eigenvalue weighted by Crippen LogP contribution is 2.25. The molecule has 0 aliphatic heterocycles. The summed E-state index contributed by atoms with van der Waals surface area (Å²) in [5.74, 6) is -1.00. The predicted octanol–water partition coefficient (Wildman–Crippen LogP) is 7.21. The van der Waals surface area contributed by atoms with Crippen molar-refractivity contribution >= 4 is 10.8 Å². The average Bonchev–Trinajstić information content (AvgIpc) is 2.70. The van der Waals surface area contributed by atoms with Gasteiger partial charge in [-0.05, 0) is 53.6 Å². The Morgan fingerprint density at radius 2 is 1.52 bits per heavy atom. The van der Waals surface area contributed by atoms with Crippen molar-refractivity contribution in [3.8, 4) is 5.75 Å². The molecule has 0 amide bonds. The maximum atomic E-state index is 13.8. The van der Waals surface area contributed by atoms with Crippen LogP contribution in [0.25, 0.3) is 10.8 Å². The lowest BCUT2D eigenvalue weighted by Gasteiger charge is -2.09. The van der Waals surface area contributed by atoms with Crippen LogP contribution in [0.1, 0.15) is 50.2 Å². The molecular formula is C24H26F2O. The lowest BCUT2D eigenvalue weighted by atomic mass is 10.0. The first kappa shape index (κ1) is 19.3. The van der Waals surface area contributed by atoms with Crippen LogP contribution in [0.2, 0.25) is 0 Å². The largest absolute Gasteiger partial charge is 0.489 e. The molecule has 3 rings (SSSR count). The van der Waals surface area contributed by atoms with Crippen molar-refractivity contribution in [1.82, 2.24) is 0 Å². The Morgan fingerprint density at radius 1 is 0.778 bits per heavy atom. The number of hydrogen-bond donors (Lipinski definition) is 0. The first-order valence-electron chi connectivity index (χ1n) is 9.76. The lowest BCUT2D eigenvalue weighted by Crippen LogP contribution is -1.96. The van der Waals surface area contributed by atoms with Crippen LogP contribution >= 0.6 is 0 Å². The van der Waals surface area contributed by atoms with Gasteiger partial charge in [0.15, 0.2) is 11.6 Å². The van der Waals surface area contributed by atoms with Crippen molar-refractivity contribution in [3.05, 3.63) is 77.4 Å². The quantitative estimate of drug-likeness (QED) is 0.363. The highest BCUT2D eigenvalue weighted by Gasteiger charge is 2.07. The second-order valence-corrected chi connectivity index (χ2v) is 7.01. The first-order chi connectivity index (χ1) is 13.2. The van der Waals surface area contributed by atoms with E-state index < -0.39 is 11.6 Å². The highest BCUT2D eigenvalue weighted by molar-refractivity contribution is 5.84. The van der Waals surface area contributed by atoms with Gasteiger partial charge in [-0.2, -0.15) is 0 Å². The monoisotopic (exact) mass is 368 g/mol. The predicted molar refractivity (Wildman–Crippen MR) is 107 cm³/mol. The van der Waals surface area contributed by atoms with Gasteiger partial charge in [0.2, 0.25) is 0 Å². The number of hydrogen-bond acceptors (Lipinski definition) is 1. The summed E-state index contributed by atoms with van der Waals surface area (Å²) in [7, 11) is 0. The van der Waals surface area contributed by atoms with Crippen LogP contribution in [0.15, 0.2) is 54.6 Å². The summed E-state index contributed by atoms with van der Waals surface area (Å²) in [5.41, 5.74) is 2.45. The van der Waals surface area contributed by atoms with Crippen LogP contribution in [-0.4, -0.2) is 0 Å². The highest BCUT2D eigenvalue weighted by atomic mass is 19.2. The van der Waals surface area contributed by atoms with E-state index in [0.29, 0.717) is 17.7 Å². The average molecular weight is 368 g/mol. The van der Waals surface area contributed by atoms with Crippen molar-refractivity contribution < 1.29 is 13.5 Å². The molecule has 0 saturated heterocycles. The number of halogens is 2. The van der Waals surface area contributed by atoms with Gasteiger partial charge in [0.25, 0.3) is 0 Å². The Labute approximate surface area is 160 Å². The molecule has 3 heteroatoms. The third-order valence-corrected chi connectivity index (χ3v) is 4.88. The number of rotatable bonds is 9. The zero-order chi connectivity index (χ0) is 19.1. The normalized spacial score (nSPS) is 11.1. The van der Waals surface area contributed by atoms with Crippen LogP contribution in [0, 0.1) is 11.6 Å². The van der Waals surface area contributed by atoms with E-state index in [1.165, 1.54) is 37.7 Å². The fraction of sp³-hybridized carbons (Fsp3) is 0.333. The van der Waals surface area contributed by atoms with Gasteiger partial charge in [-0.1, -0.05) is 62.9 Å². The van der Waals surface area contributed by atoms with E-state index in [0.717, 1.165) is 18.1 Å². The molecule has 27 heavy (non-hydrogen) atoms. The van der Waals surface area contributed by atoms with Crippen LogP contribution in [-0.2, 0) is 13.0 Å². The summed E-state index contributed by atoms with van der Waals surface area (Å²) in [6.45, 7) is 2.68. The fourth-order valence-electron chi connectivity index (χ4n) is 3.23. The number of fused-ring (bicyclic) bond motifs is 1. The zero-order valence-electron chi connectivity index (χ0n) is 15.8. The van der Waals surface area contributed by atoms with Gasteiger partial charge in [0, 0.05) is 5.39 Å². The molecule has 0 spiro atoms. The smallest absolute Gasteiger partial charge is 0.166 e. The van der Waals surface area contributed by atoms with Crippen molar-refractivity contribution in [2.75, 3.05) is 0 Å². The summed E-state index contributed by atoms with van der Waals surface area (Å²) >= 11 is 0. The van der Waals surface area contributed by atoms with Crippen LogP contribution in [0.3, 0.4) is 0 Å². The molecule has 0 N–H and O–H groups in total. The van der Waals surface area contributed by atoms with Crippen molar-refractivity contribution in [2.45, 2.75) is 52.1 Å². The van der Waals surface area contributed by atoms with Gasteiger partial charge in [0.1, 0.15) is 12.4 Å². The van der Waals surface area contributed by atoms with E-state index in [2.05, 4.69) is 31.2 Å². The van der Waals surface area contributed by atoms with Crippen molar-refractivity contribution in [1.29, 1.82) is 0 Å². The van der Waals surface area contributed by atoms with E-state index in [1.54, 1.807) is 24.3 Å². The lowest BCUT2D eigenvalue weighted by molar-refractivity contribution is 0.306. The summed E-state index contributed by atoms with van der Waals surface area (Å²) in [4.78, 5) is 0. The Bertz CT molecular complexity index is 871. The second-order valence-electron chi connectivity index (χ2n) is 7.01. The van der Waals surface area contributed by atoms with Gasteiger partial charge in [0.05, 0.1) is 0 Å². The first-order valence-corrected chi connectivity index (χ1v) is 9.76. The molecule has 0 aliphatic carbocycles. The third-order valence-electron chi connectivity index (χ3n) is 4.88. The van der Waals surface area contributed by atoms with Crippen molar-refractivity contribution in [2.24, 2.45) is 0 Å². The molecule has 3 aromatic rings.